The zero-order valence-corrected chi connectivity index (χ0v) is 14.2. The van der Waals surface area contributed by atoms with Gasteiger partial charge in [0.25, 0.3) is 0 Å². The van der Waals surface area contributed by atoms with Gasteiger partial charge in [0.1, 0.15) is 0 Å². The molecular weight excluding hydrogens is 282 g/mol. The van der Waals surface area contributed by atoms with Gasteiger partial charge in [-0.25, -0.2) is 0 Å². The number of rotatable bonds is 4. The molecule has 2 aromatic carbocycles. The number of aromatic nitrogens is 1. The number of aromatic amines is 1. The van der Waals surface area contributed by atoms with Crippen LogP contribution in [0.4, 0.5) is 0 Å². The molecule has 0 fully saturated rings. The van der Waals surface area contributed by atoms with Crippen LogP contribution in [0.25, 0.3) is 22.0 Å². The average molecular weight is 305 g/mol. The van der Waals surface area contributed by atoms with Crippen LogP contribution >= 0.6 is 0 Å². The second kappa shape index (κ2) is 6.04. The van der Waals surface area contributed by atoms with E-state index in [1.54, 1.807) is 0 Å². The van der Waals surface area contributed by atoms with Crippen molar-refractivity contribution in [2.45, 2.75) is 39.5 Å². The summed E-state index contributed by atoms with van der Waals surface area (Å²) in [6.45, 7) is 8.87. The third-order valence-corrected chi connectivity index (χ3v) is 4.50. The van der Waals surface area contributed by atoms with E-state index in [-0.39, 0.29) is 0 Å². The SMILES string of the molecule is CC(C)c1ccc(-c2[nH]c(C=O)c3ccccc23)c(C(C)C)c1. The molecule has 3 aromatic rings. The van der Waals surface area contributed by atoms with Crippen LogP contribution in [0.3, 0.4) is 0 Å². The first-order valence-electron chi connectivity index (χ1n) is 8.23. The van der Waals surface area contributed by atoms with Gasteiger partial charge in [-0.05, 0) is 23.0 Å². The van der Waals surface area contributed by atoms with Crippen LogP contribution in [0.5, 0.6) is 0 Å². The van der Waals surface area contributed by atoms with Crippen molar-refractivity contribution in [1.82, 2.24) is 4.98 Å². The molecule has 0 bridgehead atoms. The van der Waals surface area contributed by atoms with Gasteiger partial charge < -0.3 is 4.98 Å². The normalized spacial score (nSPS) is 11.6. The second-order valence-corrected chi connectivity index (χ2v) is 6.73. The Labute approximate surface area is 137 Å². The maximum atomic E-state index is 11.4. The van der Waals surface area contributed by atoms with Gasteiger partial charge in [-0.1, -0.05) is 70.2 Å². The zero-order chi connectivity index (χ0) is 16.6. The highest BCUT2D eigenvalue weighted by atomic mass is 16.1. The van der Waals surface area contributed by atoms with E-state index in [1.165, 1.54) is 16.7 Å². The fraction of sp³-hybridized carbons (Fsp3) is 0.286. The number of aldehydes is 1. The molecule has 1 heterocycles. The van der Waals surface area contributed by atoms with Gasteiger partial charge in [-0.2, -0.15) is 0 Å². The topological polar surface area (TPSA) is 32.9 Å². The summed E-state index contributed by atoms with van der Waals surface area (Å²) in [4.78, 5) is 14.7. The molecule has 118 valence electrons. The summed E-state index contributed by atoms with van der Waals surface area (Å²) >= 11 is 0. The van der Waals surface area contributed by atoms with E-state index in [1.807, 2.05) is 18.2 Å². The molecule has 0 saturated carbocycles. The number of H-pyrrole nitrogens is 1. The Balaban J connectivity index is 2.28. The molecule has 1 aromatic heterocycles. The van der Waals surface area contributed by atoms with Crippen LogP contribution in [0.2, 0.25) is 0 Å². The third-order valence-electron chi connectivity index (χ3n) is 4.50. The van der Waals surface area contributed by atoms with Crippen molar-refractivity contribution < 1.29 is 4.79 Å². The van der Waals surface area contributed by atoms with Crippen LogP contribution in [-0.4, -0.2) is 11.3 Å². The van der Waals surface area contributed by atoms with E-state index in [2.05, 4.69) is 56.9 Å². The van der Waals surface area contributed by atoms with Crippen LogP contribution < -0.4 is 0 Å². The van der Waals surface area contributed by atoms with Crippen molar-refractivity contribution in [3.8, 4) is 11.3 Å². The molecule has 2 nitrogen and oxygen atoms in total. The molecule has 0 unspecified atom stereocenters. The Morgan fingerprint density at radius 1 is 0.913 bits per heavy atom. The Kier molecular flexibility index (Phi) is 4.08. The minimum absolute atomic E-state index is 0.422. The van der Waals surface area contributed by atoms with Gasteiger partial charge in [0.15, 0.2) is 6.29 Å². The van der Waals surface area contributed by atoms with Crippen molar-refractivity contribution >= 4 is 17.1 Å². The standard InChI is InChI=1S/C21H23NO/c1-13(2)15-9-10-18(19(11-15)14(3)4)21-17-8-6-5-7-16(17)20(12-23)22-21/h5-14,22H,1-4H3. The first-order chi connectivity index (χ1) is 11.0. The van der Waals surface area contributed by atoms with Gasteiger partial charge in [0.2, 0.25) is 0 Å². The van der Waals surface area contributed by atoms with Gasteiger partial charge in [-0.3, -0.25) is 4.79 Å². The lowest BCUT2D eigenvalue weighted by molar-refractivity contribution is 0.112. The summed E-state index contributed by atoms with van der Waals surface area (Å²) in [7, 11) is 0. The van der Waals surface area contributed by atoms with Crippen molar-refractivity contribution in [2.75, 3.05) is 0 Å². The van der Waals surface area contributed by atoms with Gasteiger partial charge >= 0.3 is 0 Å². The monoisotopic (exact) mass is 305 g/mol. The van der Waals surface area contributed by atoms with E-state index in [9.17, 15) is 4.79 Å². The molecule has 0 saturated heterocycles. The van der Waals surface area contributed by atoms with E-state index in [4.69, 9.17) is 0 Å². The Bertz CT molecular complexity index is 855. The van der Waals surface area contributed by atoms with Crippen molar-refractivity contribution in [3.05, 3.63) is 59.3 Å². The second-order valence-electron chi connectivity index (χ2n) is 6.73. The average Bonchev–Trinajstić information content (AvgIpc) is 2.93. The molecule has 0 aliphatic heterocycles. The highest BCUT2D eigenvalue weighted by molar-refractivity contribution is 6.05. The fourth-order valence-electron chi connectivity index (χ4n) is 3.16. The Morgan fingerprint density at radius 3 is 2.22 bits per heavy atom. The Hall–Kier alpha value is -2.35. The molecule has 2 heteroatoms. The lowest BCUT2D eigenvalue weighted by Crippen LogP contribution is -1.97. The number of benzene rings is 2. The molecule has 0 radical (unpaired) electrons. The van der Waals surface area contributed by atoms with Crippen LogP contribution in [0.1, 0.15) is 61.1 Å². The van der Waals surface area contributed by atoms with Crippen molar-refractivity contribution in [1.29, 1.82) is 0 Å². The number of nitrogens with one attached hydrogen (secondary N) is 1. The Morgan fingerprint density at radius 2 is 1.61 bits per heavy atom. The van der Waals surface area contributed by atoms with Gasteiger partial charge in [0, 0.05) is 16.3 Å². The largest absolute Gasteiger partial charge is 0.351 e. The lowest BCUT2D eigenvalue weighted by Gasteiger charge is -2.16. The number of fused-ring (bicyclic) bond motifs is 1. The molecule has 0 amide bonds. The summed E-state index contributed by atoms with van der Waals surface area (Å²) in [6, 6.07) is 14.8. The van der Waals surface area contributed by atoms with Crippen LogP contribution in [-0.2, 0) is 0 Å². The highest BCUT2D eigenvalue weighted by Gasteiger charge is 2.16. The highest BCUT2D eigenvalue weighted by Crippen LogP contribution is 2.36. The quantitative estimate of drug-likeness (QED) is 0.598. The van der Waals surface area contributed by atoms with Crippen molar-refractivity contribution in [3.63, 3.8) is 0 Å². The van der Waals surface area contributed by atoms with Gasteiger partial charge in [0.05, 0.1) is 11.4 Å². The maximum Gasteiger partial charge on any atom is 0.166 e. The van der Waals surface area contributed by atoms with Crippen molar-refractivity contribution in [2.24, 2.45) is 0 Å². The predicted molar refractivity (Wildman–Crippen MR) is 97.3 cm³/mol. The molecule has 23 heavy (non-hydrogen) atoms. The zero-order valence-electron chi connectivity index (χ0n) is 14.2. The van der Waals surface area contributed by atoms with Crippen LogP contribution in [0.15, 0.2) is 42.5 Å². The minimum Gasteiger partial charge on any atom is -0.351 e. The molecule has 3 rings (SSSR count). The molecular formula is C21H23NO. The van der Waals surface area contributed by atoms with E-state index in [0.717, 1.165) is 22.8 Å². The fourth-order valence-corrected chi connectivity index (χ4v) is 3.16. The number of carbonyl (C=O) groups excluding carboxylic acids is 1. The number of carbonyl (C=O) groups is 1. The molecule has 0 atom stereocenters. The molecule has 0 aliphatic carbocycles. The number of hydrogen-bond acceptors (Lipinski definition) is 1. The van der Waals surface area contributed by atoms with Gasteiger partial charge in [-0.15, -0.1) is 0 Å². The number of hydrogen-bond donors (Lipinski definition) is 1. The van der Waals surface area contributed by atoms with Crippen LogP contribution in [0, 0.1) is 0 Å². The molecule has 0 aliphatic rings. The first kappa shape index (κ1) is 15.5. The summed E-state index contributed by atoms with van der Waals surface area (Å²) in [5.41, 5.74) is 5.55. The third kappa shape index (κ3) is 2.70. The summed E-state index contributed by atoms with van der Waals surface area (Å²) in [6.07, 6.45) is 0.906. The van der Waals surface area contributed by atoms with E-state index >= 15 is 0 Å². The summed E-state index contributed by atoms with van der Waals surface area (Å²) in [5.74, 6) is 0.929. The minimum atomic E-state index is 0.422. The lowest BCUT2D eigenvalue weighted by atomic mass is 9.89. The summed E-state index contributed by atoms with van der Waals surface area (Å²) < 4.78 is 0. The summed E-state index contributed by atoms with van der Waals surface area (Å²) in [5, 5.41) is 2.09. The molecule has 1 N–H and O–H groups in total. The predicted octanol–water partition coefficient (Wildman–Crippen LogP) is 5.89. The smallest absolute Gasteiger partial charge is 0.166 e. The molecule has 0 spiro atoms. The maximum absolute atomic E-state index is 11.4. The van der Waals surface area contributed by atoms with E-state index in [0.29, 0.717) is 17.5 Å². The van der Waals surface area contributed by atoms with E-state index < -0.39 is 0 Å². The first-order valence-corrected chi connectivity index (χ1v) is 8.23.